The molecule has 2 aliphatic rings. The van der Waals surface area contributed by atoms with Crippen LogP contribution < -0.4 is 21.3 Å². The molecule has 27 heteroatoms. The fourth-order valence-corrected chi connectivity index (χ4v) is 12.7. The lowest BCUT2D eigenvalue weighted by molar-refractivity contribution is -0.152. The number of aliphatic hydroxyl groups is 1. The van der Waals surface area contributed by atoms with Crippen LogP contribution in [0.2, 0.25) is 0 Å². The van der Waals surface area contributed by atoms with Crippen molar-refractivity contribution in [2.24, 2.45) is 17.8 Å². The third-order valence-electron chi connectivity index (χ3n) is 19.4. The Hall–Kier alpha value is -9.27. The number of likely N-dealkylation sites (tertiary alicyclic amines) is 1. The Morgan fingerprint density at radius 1 is 0.520 bits per heavy atom. The molecule has 5 rings (SSSR count). The SMILES string of the molecule is CC(C)C[C@H]1C(=O)N[C@@H](C(C)C)C(=O)N[C@H](C(=O)N(C)[C@@H](Cc2ccccc2)C(=O)N(C)[C@@H](Cc2ccccc2)C(=O)N[C@@H](C)C(=O)N2CCCCC2)CC(=O)N(C)CC(=O)N(C)[C@@H](CC(C)C)C(=O)N(C)[C@@H](Cc2ccccc2)C(=O)N[C@@H]([C@@H](C)O)C(=O)N(C)[C@@H](C)C(=O)N(C)CC(=O)N1C. The summed E-state index contributed by atoms with van der Waals surface area (Å²) in [5.41, 5.74) is 1.87. The molecule has 0 bridgehead atoms. The van der Waals surface area contributed by atoms with Gasteiger partial charge in [0.15, 0.2) is 0 Å². The largest absolute Gasteiger partial charge is 0.391 e. The van der Waals surface area contributed by atoms with Gasteiger partial charge >= 0.3 is 0 Å². The van der Waals surface area contributed by atoms with Gasteiger partial charge in [0.1, 0.15) is 60.4 Å². The third kappa shape index (κ3) is 22.9. The number of carbonyl (C=O) groups excluding carboxylic acids is 13. The van der Waals surface area contributed by atoms with Crippen molar-refractivity contribution < 1.29 is 67.4 Å². The molecule has 102 heavy (non-hydrogen) atoms. The maximum absolute atomic E-state index is 15.8. The Kier molecular flexibility index (Phi) is 31.6. The maximum Gasteiger partial charge on any atom is 0.248 e. The molecule has 3 aromatic rings. The van der Waals surface area contributed by atoms with Crippen LogP contribution in [0.25, 0.3) is 0 Å². The molecule has 0 saturated carbocycles. The van der Waals surface area contributed by atoms with Crippen LogP contribution in [0, 0.1) is 17.8 Å². The van der Waals surface area contributed by atoms with Crippen LogP contribution in [0.3, 0.4) is 0 Å². The van der Waals surface area contributed by atoms with Gasteiger partial charge in [-0.05, 0) is 87.3 Å². The highest BCUT2D eigenvalue weighted by atomic mass is 16.3. The molecule has 27 nitrogen and oxygen atoms in total. The van der Waals surface area contributed by atoms with Crippen LogP contribution in [0.1, 0.15) is 118 Å². The highest BCUT2D eigenvalue weighted by Crippen LogP contribution is 2.23. The first kappa shape index (κ1) is 83.4. The van der Waals surface area contributed by atoms with Crippen molar-refractivity contribution in [2.45, 2.75) is 187 Å². The predicted octanol–water partition coefficient (Wildman–Crippen LogP) is 2.12. The Balaban J connectivity index is 1.65. The zero-order valence-corrected chi connectivity index (χ0v) is 62.7. The topological polar surface area (TPSA) is 319 Å². The number of nitrogens with zero attached hydrogens (tertiary/aromatic N) is 9. The van der Waals surface area contributed by atoms with Crippen LogP contribution in [-0.2, 0) is 81.6 Å². The van der Waals surface area contributed by atoms with Gasteiger partial charge in [0.05, 0.1) is 25.6 Å². The molecule has 0 aliphatic carbocycles. The van der Waals surface area contributed by atoms with Gasteiger partial charge in [-0.3, -0.25) is 62.3 Å². The molecular formula is C75H111N13O14. The molecule has 3 aromatic carbocycles. The van der Waals surface area contributed by atoms with Crippen molar-refractivity contribution in [3.05, 3.63) is 108 Å². The van der Waals surface area contributed by atoms with Gasteiger partial charge in [0.2, 0.25) is 76.8 Å². The first-order chi connectivity index (χ1) is 48.0. The van der Waals surface area contributed by atoms with E-state index in [2.05, 4.69) is 21.3 Å². The van der Waals surface area contributed by atoms with Gasteiger partial charge < -0.3 is 70.5 Å². The maximum atomic E-state index is 15.8. The summed E-state index contributed by atoms with van der Waals surface area (Å²) in [7, 11) is 10.8. The molecule has 560 valence electrons. The van der Waals surface area contributed by atoms with Crippen molar-refractivity contribution >= 4 is 76.8 Å². The Labute approximate surface area is 601 Å². The number of nitrogens with one attached hydrogen (secondary N) is 4. The van der Waals surface area contributed by atoms with Crippen molar-refractivity contribution in [1.82, 2.24) is 65.4 Å². The summed E-state index contributed by atoms with van der Waals surface area (Å²) in [6.45, 7) is 14.6. The van der Waals surface area contributed by atoms with Crippen molar-refractivity contribution in [3.63, 3.8) is 0 Å². The lowest BCUT2D eigenvalue weighted by Crippen LogP contribution is -2.62. The van der Waals surface area contributed by atoms with Crippen LogP contribution in [0.15, 0.2) is 91.0 Å². The van der Waals surface area contributed by atoms with Gasteiger partial charge in [-0.15, -0.1) is 0 Å². The van der Waals surface area contributed by atoms with Gasteiger partial charge in [-0.25, -0.2) is 0 Å². The van der Waals surface area contributed by atoms with Crippen LogP contribution in [-0.4, -0.2) is 275 Å². The number of hydrogen-bond donors (Lipinski definition) is 5. The number of aliphatic hydroxyl groups excluding tert-OH is 1. The highest BCUT2D eigenvalue weighted by molar-refractivity contribution is 6.00. The number of benzene rings is 3. The number of piperidine rings is 1. The minimum atomic E-state index is -1.85. The average Bonchev–Trinajstić information content (AvgIpc) is 0.816. The van der Waals surface area contributed by atoms with Crippen LogP contribution in [0.5, 0.6) is 0 Å². The van der Waals surface area contributed by atoms with E-state index in [0.717, 1.165) is 53.6 Å². The minimum absolute atomic E-state index is 0.00975. The van der Waals surface area contributed by atoms with Crippen LogP contribution in [0.4, 0.5) is 0 Å². The van der Waals surface area contributed by atoms with E-state index < -0.39 is 163 Å². The lowest BCUT2D eigenvalue weighted by atomic mass is 9.98. The third-order valence-corrected chi connectivity index (χ3v) is 19.4. The molecule has 2 aliphatic heterocycles. The quantitative estimate of drug-likeness (QED) is 0.115. The van der Waals surface area contributed by atoms with Crippen molar-refractivity contribution in [1.29, 1.82) is 0 Å². The number of hydrogen-bond acceptors (Lipinski definition) is 14. The van der Waals surface area contributed by atoms with Crippen molar-refractivity contribution in [2.75, 3.05) is 82.6 Å². The Bertz CT molecular complexity index is 3390. The summed E-state index contributed by atoms with van der Waals surface area (Å²) in [6, 6.07) is 12.5. The summed E-state index contributed by atoms with van der Waals surface area (Å²) < 4.78 is 0. The van der Waals surface area contributed by atoms with E-state index >= 15 is 19.2 Å². The van der Waals surface area contributed by atoms with Crippen LogP contribution >= 0.6 is 0 Å². The molecule has 2 heterocycles. The van der Waals surface area contributed by atoms with E-state index in [9.17, 15) is 48.3 Å². The highest BCUT2D eigenvalue weighted by Gasteiger charge is 2.44. The van der Waals surface area contributed by atoms with Gasteiger partial charge in [-0.2, -0.15) is 0 Å². The minimum Gasteiger partial charge on any atom is -0.391 e. The molecule has 2 saturated heterocycles. The summed E-state index contributed by atoms with van der Waals surface area (Å²) in [5, 5.41) is 22.2. The van der Waals surface area contributed by atoms with Crippen molar-refractivity contribution in [3.8, 4) is 0 Å². The van der Waals surface area contributed by atoms with E-state index in [1.807, 2.05) is 27.7 Å². The normalized spacial score (nSPS) is 22.5. The number of rotatable bonds is 19. The second kappa shape index (κ2) is 38.7. The number of amides is 13. The van der Waals surface area contributed by atoms with E-state index in [-0.39, 0.29) is 49.8 Å². The predicted molar refractivity (Wildman–Crippen MR) is 385 cm³/mol. The lowest BCUT2D eigenvalue weighted by Gasteiger charge is -2.37. The molecule has 11 atom stereocenters. The molecule has 0 radical (unpaired) electrons. The van der Waals surface area contributed by atoms with Gasteiger partial charge in [0, 0.05) is 88.7 Å². The monoisotopic (exact) mass is 1420 g/mol. The molecule has 0 unspecified atom stereocenters. The summed E-state index contributed by atoms with van der Waals surface area (Å²) in [6.07, 6.45) is 0.0703. The molecule has 5 N–H and O–H groups in total. The standard InChI is InChI=1S/C75H111N13O14/c1-46(2)38-56-67(94)78-64(48(5)6)69(96)77-55(72(99)87(17)60(42-54-34-26-20-27-35-54)74(101)85(15)57(40-52-30-22-18-23-31-52)66(93)76-49(7)70(97)88-36-28-21-29-37-88)43-61(90)80(10)44-62(91)84(14)59(39-47(3)4)73(100)86(16)58(41-53-32-24-19-25-33-53)68(95)79-65(51(9)89)75(102)82(12)50(8)71(98)81(11)45-63(92)83(56)13/h18-20,22-27,30-35,46-51,55-60,64-65,89H,21,28-29,36-45H2,1-17H3,(H,76,93)(H,77,96)(H,78,94)(H,79,95)/t49-,50-,51+,55-,56-,57-,58-,59-,60-,64-,65-/m0/s1. The molecule has 0 aromatic heterocycles. The zero-order chi connectivity index (χ0) is 76.1. The van der Waals surface area contributed by atoms with Gasteiger partial charge in [0.25, 0.3) is 0 Å². The van der Waals surface area contributed by atoms with E-state index in [0.29, 0.717) is 29.8 Å². The number of carbonyl (C=O) groups is 13. The summed E-state index contributed by atoms with van der Waals surface area (Å²) in [5.74, 6) is -11.1. The van der Waals surface area contributed by atoms with E-state index in [1.165, 1.54) is 75.1 Å². The second-order valence-corrected chi connectivity index (χ2v) is 28.7. The second-order valence-electron chi connectivity index (χ2n) is 28.7. The van der Waals surface area contributed by atoms with E-state index in [4.69, 9.17) is 0 Å². The Morgan fingerprint density at radius 2 is 0.990 bits per heavy atom. The number of likely N-dealkylation sites (N-methyl/N-ethyl adjacent to an activating group) is 8. The molecule has 0 spiro atoms. The molecule has 2 fully saturated rings. The zero-order valence-electron chi connectivity index (χ0n) is 62.7. The van der Waals surface area contributed by atoms with Gasteiger partial charge in [-0.1, -0.05) is 133 Å². The smallest absolute Gasteiger partial charge is 0.248 e. The molecule has 13 amide bonds. The average molecular weight is 1420 g/mol. The Morgan fingerprint density at radius 3 is 1.50 bits per heavy atom. The fraction of sp³-hybridized carbons (Fsp3) is 0.587. The summed E-state index contributed by atoms with van der Waals surface area (Å²) in [4.78, 5) is 203. The first-order valence-electron chi connectivity index (χ1n) is 35.3. The fourth-order valence-electron chi connectivity index (χ4n) is 12.7. The van der Waals surface area contributed by atoms with E-state index in [1.54, 1.807) is 117 Å². The molecular weight excluding hydrogens is 1310 g/mol. The first-order valence-corrected chi connectivity index (χ1v) is 35.3. The summed E-state index contributed by atoms with van der Waals surface area (Å²) >= 11 is 0.